The van der Waals surface area contributed by atoms with Crippen LogP contribution in [0.4, 0.5) is 5.69 Å². The van der Waals surface area contributed by atoms with E-state index in [2.05, 4.69) is 10.4 Å². The van der Waals surface area contributed by atoms with Crippen LogP contribution in [0.3, 0.4) is 0 Å². The molecule has 7 heteroatoms. The molecule has 1 aromatic heterocycles. The number of carbonyl (C=O) groups is 2. The van der Waals surface area contributed by atoms with E-state index in [9.17, 15) is 9.59 Å². The standard InChI is InChI=1S/C14H15N3O4/c1-21-12-9-10(3-4-11(12)14(19)20)16-13(18)5-8-17-7-2-6-15-17/h2-4,6-7,9H,5,8H2,1H3,(H,16,18)(H,19,20). The molecule has 0 radical (unpaired) electrons. The maximum absolute atomic E-state index is 11.8. The monoisotopic (exact) mass is 289 g/mol. The highest BCUT2D eigenvalue weighted by atomic mass is 16.5. The van der Waals surface area contributed by atoms with Crippen molar-refractivity contribution in [2.24, 2.45) is 0 Å². The van der Waals surface area contributed by atoms with Crippen molar-refractivity contribution in [1.29, 1.82) is 0 Å². The van der Waals surface area contributed by atoms with Gasteiger partial charge in [0.05, 0.1) is 7.11 Å². The Morgan fingerprint density at radius 2 is 2.24 bits per heavy atom. The van der Waals surface area contributed by atoms with Gasteiger partial charge in [-0.15, -0.1) is 0 Å². The van der Waals surface area contributed by atoms with Crippen molar-refractivity contribution in [3.8, 4) is 5.75 Å². The first-order valence-corrected chi connectivity index (χ1v) is 6.29. The third kappa shape index (κ3) is 3.82. The van der Waals surface area contributed by atoms with Crippen molar-refractivity contribution in [3.05, 3.63) is 42.2 Å². The highest BCUT2D eigenvalue weighted by molar-refractivity contribution is 5.94. The van der Waals surface area contributed by atoms with E-state index in [4.69, 9.17) is 9.84 Å². The van der Waals surface area contributed by atoms with Gasteiger partial charge in [-0.3, -0.25) is 9.48 Å². The molecule has 0 bridgehead atoms. The van der Waals surface area contributed by atoms with E-state index in [0.717, 1.165) is 0 Å². The number of aromatic carboxylic acids is 1. The fourth-order valence-corrected chi connectivity index (χ4v) is 1.82. The molecule has 2 N–H and O–H groups in total. The number of methoxy groups -OCH3 is 1. The Hall–Kier alpha value is -2.83. The summed E-state index contributed by atoms with van der Waals surface area (Å²) < 4.78 is 6.66. The van der Waals surface area contributed by atoms with Crippen molar-refractivity contribution in [2.45, 2.75) is 13.0 Å². The molecule has 0 saturated carbocycles. The largest absolute Gasteiger partial charge is 0.496 e. The summed E-state index contributed by atoms with van der Waals surface area (Å²) in [7, 11) is 1.38. The van der Waals surface area contributed by atoms with E-state index in [1.54, 1.807) is 23.1 Å². The second-order valence-electron chi connectivity index (χ2n) is 4.29. The molecular formula is C14H15N3O4. The maximum atomic E-state index is 11.8. The number of rotatable bonds is 6. The van der Waals surface area contributed by atoms with Crippen molar-refractivity contribution in [2.75, 3.05) is 12.4 Å². The third-order valence-electron chi connectivity index (χ3n) is 2.84. The van der Waals surface area contributed by atoms with Gasteiger partial charge >= 0.3 is 5.97 Å². The number of hydrogen-bond donors (Lipinski definition) is 2. The van der Waals surface area contributed by atoms with Crippen LogP contribution in [-0.2, 0) is 11.3 Å². The SMILES string of the molecule is COc1cc(NC(=O)CCn2cccn2)ccc1C(=O)O. The van der Waals surface area contributed by atoms with E-state index in [0.29, 0.717) is 12.2 Å². The highest BCUT2D eigenvalue weighted by Crippen LogP contribution is 2.23. The summed E-state index contributed by atoms with van der Waals surface area (Å²) in [5.74, 6) is -1.06. The number of nitrogens with one attached hydrogen (secondary N) is 1. The molecular weight excluding hydrogens is 274 g/mol. The van der Waals surface area contributed by atoms with Gasteiger partial charge in [0.2, 0.25) is 5.91 Å². The van der Waals surface area contributed by atoms with E-state index in [1.165, 1.54) is 25.3 Å². The Balaban J connectivity index is 1.99. The number of anilines is 1. The van der Waals surface area contributed by atoms with E-state index in [1.807, 2.05) is 0 Å². The lowest BCUT2D eigenvalue weighted by atomic mass is 10.2. The average Bonchev–Trinajstić information content (AvgIpc) is 2.98. The van der Waals surface area contributed by atoms with E-state index < -0.39 is 5.97 Å². The number of ether oxygens (including phenoxy) is 1. The first-order valence-electron chi connectivity index (χ1n) is 6.29. The third-order valence-corrected chi connectivity index (χ3v) is 2.84. The van der Waals surface area contributed by atoms with Gasteiger partial charge in [0.1, 0.15) is 11.3 Å². The number of amides is 1. The lowest BCUT2D eigenvalue weighted by Gasteiger charge is -2.09. The minimum absolute atomic E-state index is 0.0482. The Bertz CT molecular complexity index is 638. The van der Waals surface area contributed by atoms with Crippen molar-refractivity contribution in [3.63, 3.8) is 0 Å². The first-order chi connectivity index (χ1) is 10.1. The molecule has 0 aliphatic heterocycles. The van der Waals surface area contributed by atoms with Crippen LogP contribution in [0, 0.1) is 0 Å². The minimum atomic E-state index is -1.08. The maximum Gasteiger partial charge on any atom is 0.339 e. The molecule has 7 nitrogen and oxygen atoms in total. The summed E-state index contributed by atoms with van der Waals surface area (Å²) in [5, 5.41) is 15.7. The molecule has 0 unspecified atom stereocenters. The predicted octanol–water partition coefficient (Wildman–Crippen LogP) is 1.62. The van der Waals surface area contributed by atoms with Gasteiger partial charge in [0.25, 0.3) is 0 Å². The number of nitrogens with zero attached hydrogens (tertiary/aromatic N) is 2. The van der Waals surface area contributed by atoms with Crippen molar-refractivity contribution < 1.29 is 19.4 Å². The van der Waals surface area contributed by atoms with Crippen LogP contribution < -0.4 is 10.1 Å². The van der Waals surface area contributed by atoms with Crippen molar-refractivity contribution in [1.82, 2.24) is 9.78 Å². The molecule has 2 rings (SSSR count). The number of carboxylic acids is 1. The molecule has 1 amide bonds. The zero-order valence-corrected chi connectivity index (χ0v) is 11.4. The van der Waals surface area contributed by atoms with Crippen LogP contribution in [0.2, 0.25) is 0 Å². The molecule has 0 spiro atoms. The zero-order valence-electron chi connectivity index (χ0n) is 11.4. The highest BCUT2D eigenvalue weighted by Gasteiger charge is 2.12. The number of carbonyl (C=O) groups excluding carboxylic acids is 1. The van der Waals surface area contributed by atoms with Crippen LogP contribution in [0.5, 0.6) is 5.75 Å². The summed E-state index contributed by atoms with van der Waals surface area (Å²) in [6, 6.07) is 6.19. The normalized spacial score (nSPS) is 10.1. The average molecular weight is 289 g/mol. The van der Waals surface area contributed by atoms with Crippen LogP contribution >= 0.6 is 0 Å². The van der Waals surface area contributed by atoms with Gasteiger partial charge in [0.15, 0.2) is 0 Å². The smallest absolute Gasteiger partial charge is 0.339 e. The topological polar surface area (TPSA) is 93.5 Å². The summed E-state index contributed by atoms with van der Waals surface area (Å²) in [4.78, 5) is 22.8. The lowest BCUT2D eigenvalue weighted by Crippen LogP contribution is -2.15. The first kappa shape index (κ1) is 14.6. The van der Waals surface area contributed by atoms with Crippen LogP contribution in [0.1, 0.15) is 16.8 Å². The summed E-state index contributed by atoms with van der Waals surface area (Å²) in [6.45, 7) is 0.475. The van der Waals surface area contributed by atoms with E-state index in [-0.39, 0.29) is 23.6 Å². The van der Waals surface area contributed by atoms with Gasteiger partial charge in [-0.1, -0.05) is 0 Å². The summed E-state index contributed by atoms with van der Waals surface area (Å²) in [5.41, 5.74) is 0.536. The Morgan fingerprint density at radius 1 is 1.43 bits per heavy atom. The molecule has 0 saturated heterocycles. The van der Waals surface area contributed by atoms with Gasteiger partial charge < -0.3 is 15.2 Å². The Morgan fingerprint density at radius 3 is 2.86 bits per heavy atom. The molecule has 1 aromatic carbocycles. The molecule has 110 valence electrons. The number of hydrogen-bond acceptors (Lipinski definition) is 4. The molecule has 21 heavy (non-hydrogen) atoms. The second kappa shape index (κ2) is 6.56. The van der Waals surface area contributed by atoms with Crippen LogP contribution in [0.25, 0.3) is 0 Å². The summed E-state index contributed by atoms with van der Waals surface area (Å²) in [6.07, 6.45) is 3.69. The van der Waals surface area contributed by atoms with Crippen LogP contribution in [-0.4, -0.2) is 33.9 Å². The Labute approximate surface area is 121 Å². The van der Waals surface area contributed by atoms with Gasteiger partial charge in [-0.25, -0.2) is 4.79 Å². The Kier molecular flexibility index (Phi) is 4.55. The molecule has 2 aromatic rings. The molecule has 0 atom stereocenters. The number of carboxylic acid groups (broad SMARTS) is 1. The van der Waals surface area contributed by atoms with Gasteiger partial charge in [-0.05, 0) is 18.2 Å². The fraction of sp³-hybridized carbons (Fsp3) is 0.214. The molecule has 0 fully saturated rings. The fourth-order valence-electron chi connectivity index (χ4n) is 1.82. The molecule has 0 aliphatic carbocycles. The predicted molar refractivity (Wildman–Crippen MR) is 75.4 cm³/mol. The number of aromatic nitrogens is 2. The zero-order chi connectivity index (χ0) is 15.2. The van der Waals surface area contributed by atoms with Gasteiger partial charge in [-0.2, -0.15) is 5.10 Å². The molecule has 1 heterocycles. The van der Waals surface area contributed by atoms with Crippen molar-refractivity contribution >= 4 is 17.6 Å². The lowest BCUT2D eigenvalue weighted by molar-refractivity contribution is -0.116. The summed E-state index contributed by atoms with van der Waals surface area (Å²) >= 11 is 0. The number of aryl methyl sites for hydroxylation is 1. The van der Waals surface area contributed by atoms with Gasteiger partial charge in [0, 0.05) is 37.1 Å². The van der Waals surface area contributed by atoms with E-state index >= 15 is 0 Å². The molecule has 0 aliphatic rings. The minimum Gasteiger partial charge on any atom is -0.496 e. The second-order valence-corrected chi connectivity index (χ2v) is 4.29. The quantitative estimate of drug-likeness (QED) is 0.842. The van der Waals surface area contributed by atoms with Crippen LogP contribution in [0.15, 0.2) is 36.7 Å². The number of benzene rings is 1.